The number of rotatable bonds is 3. The summed E-state index contributed by atoms with van der Waals surface area (Å²) < 4.78 is 1.30. The smallest absolute Gasteiger partial charge is 0.267 e. The molecule has 1 aromatic heterocycles. The van der Waals surface area contributed by atoms with E-state index in [0.29, 0.717) is 32.3 Å². The van der Waals surface area contributed by atoms with E-state index < -0.39 is 0 Å². The minimum Gasteiger partial charge on any atom is -0.267 e. The standard InChI is InChI=1S/C22H15Cl2N3O/c1-14-6-8-15(9-7-14)21-26-20-5-3-2-4-18(20)22(28)27(21)25-13-16-10-11-17(23)12-19(16)24/h2-13H,1H3/b25-13+. The third-order valence-corrected chi connectivity index (χ3v) is 4.90. The number of fused-ring (bicyclic) bond motifs is 1. The molecule has 4 aromatic rings. The SMILES string of the molecule is Cc1ccc(-c2nc3ccccc3c(=O)n2/N=C/c2ccc(Cl)cc2Cl)cc1. The van der Waals surface area contributed by atoms with Gasteiger partial charge in [-0.1, -0.05) is 71.2 Å². The summed E-state index contributed by atoms with van der Waals surface area (Å²) in [6.07, 6.45) is 1.54. The lowest BCUT2D eigenvalue weighted by Gasteiger charge is -2.10. The van der Waals surface area contributed by atoms with Gasteiger partial charge < -0.3 is 0 Å². The Kier molecular flexibility index (Phi) is 4.99. The Hall–Kier alpha value is -2.95. The summed E-state index contributed by atoms with van der Waals surface area (Å²) in [6.45, 7) is 2.01. The second-order valence-corrected chi connectivity index (χ2v) is 7.19. The number of hydrogen-bond acceptors (Lipinski definition) is 3. The fourth-order valence-electron chi connectivity index (χ4n) is 2.85. The molecule has 0 aliphatic rings. The van der Waals surface area contributed by atoms with E-state index in [9.17, 15) is 4.79 Å². The first-order valence-electron chi connectivity index (χ1n) is 8.61. The topological polar surface area (TPSA) is 47.2 Å². The summed E-state index contributed by atoms with van der Waals surface area (Å²) >= 11 is 12.2. The second kappa shape index (κ2) is 7.58. The van der Waals surface area contributed by atoms with Crippen LogP contribution >= 0.6 is 23.2 Å². The van der Waals surface area contributed by atoms with Crippen LogP contribution in [0.1, 0.15) is 11.1 Å². The number of aryl methyl sites for hydroxylation is 1. The number of halogens is 2. The molecule has 0 fully saturated rings. The zero-order chi connectivity index (χ0) is 19.7. The van der Waals surface area contributed by atoms with Gasteiger partial charge in [-0.25, -0.2) is 4.98 Å². The molecule has 6 heteroatoms. The van der Waals surface area contributed by atoms with E-state index in [4.69, 9.17) is 23.2 Å². The van der Waals surface area contributed by atoms with Gasteiger partial charge in [-0.05, 0) is 31.2 Å². The summed E-state index contributed by atoms with van der Waals surface area (Å²) in [6, 6.07) is 20.1. The molecule has 0 bridgehead atoms. The van der Waals surface area contributed by atoms with E-state index in [-0.39, 0.29) is 5.56 Å². The summed E-state index contributed by atoms with van der Waals surface area (Å²) in [7, 11) is 0. The summed E-state index contributed by atoms with van der Waals surface area (Å²) in [4.78, 5) is 17.8. The van der Waals surface area contributed by atoms with Crippen LogP contribution in [0, 0.1) is 6.92 Å². The van der Waals surface area contributed by atoms with Crippen LogP contribution in [0.25, 0.3) is 22.3 Å². The van der Waals surface area contributed by atoms with Crippen molar-refractivity contribution in [3.05, 3.63) is 98.3 Å². The predicted molar refractivity (Wildman–Crippen MR) is 116 cm³/mol. The summed E-state index contributed by atoms with van der Waals surface area (Å²) in [5.41, 5.74) is 2.95. The Morgan fingerprint density at radius 1 is 1.00 bits per heavy atom. The maximum absolute atomic E-state index is 13.1. The van der Waals surface area contributed by atoms with Crippen LogP contribution < -0.4 is 5.56 Å². The van der Waals surface area contributed by atoms with Crippen LogP contribution in [0.5, 0.6) is 0 Å². The number of nitrogens with zero attached hydrogens (tertiary/aromatic N) is 3. The lowest BCUT2D eigenvalue weighted by atomic mass is 10.1. The molecule has 1 heterocycles. The van der Waals surface area contributed by atoms with Crippen molar-refractivity contribution in [1.82, 2.24) is 9.66 Å². The monoisotopic (exact) mass is 407 g/mol. The Morgan fingerprint density at radius 2 is 1.75 bits per heavy atom. The normalized spacial score (nSPS) is 11.4. The molecule has 4 rings (SSSR count). The fraction of sp³-hybridized carbons (Fsp3) is 0.0455. The Balaban J connectivity index is 1.93. The molecular weight excluding hydrogens is 393 g/mol. The molecule has 0 N–H and O–H groups in total. The zero-order valence-corrected chi connectivity index (χ0v) is 16.4. The molecule has 0 spiro atoms. The number of benzene rings is 3. The Labute approximate surface area is 171 Å². The van der Waals surface area contributed by atoms with Crippen molar-refractivity contribution in [2.24, 2.45) is 5.10 Å². The highest BCUT2D eigenvalue weighted by molar-refractivity contribution is 6.36. The molecule has 3 aromatic carbocycles. The highest BCUT2D eigenvalue weighted by Gasteiger charge is 2.12. The summed E-state index contributed by atoms with van der Waals surface area (Å²) in [5.74, 6) is 0.463. The van der Waals surface area contributed by atoms with Gasteiger partial charge >= 0.3 is 0 Å². The van der Waals surface area contributed by atoms with Crippen molar-refractivity contribution in [1.29, 1.82) is 0 Å². The largest absolute Gasteiger partial charge is 0.282 e. The highest BCUT2D eigenvalue weighted by atomic mass is 35.5. The van der Waals surface area contributed by atoms with Crippen LogP contribution in [0.4, 0.5) is 0 Å². The van der Waals surface area contributed by atoms with Gasteiger partial charge in [0, 0.05) is 16.1 Å². The van der Waals surface area contributed by atoms with Gasteiger partial charge in [-0.3, -0.25) is 4.79 Å². The van der Waals surface area contributed by atoms with E-state index in [1.165, 1.54) is 10.9 Å². The minimum absolute atomic E-state index is 0.248. The van der Waals surface area contributed by atoms with Gasteiger partial charge in [0.1, 0.15) is 0 Å². The first-order valence-corrected chi connectivity index (χ1v) is 9.37. The molecule has 4 nitrogen and oxygen atoms in total. The van der Waals surface area contributed by atoms with Crippen LogP contribution in [0.3, 0.4) is 0 Å². The average molecular weight is 408 g/mol. The van der Waals surface area contributed by atoms with E-state index in [0.717, 1.165) is 11.1 Å². The fourth-order valence-corrected chi connectivity index (χ4v) is 3.30. The first kappa shape index (κ1) is 18.4. The molecule has 0 amide bonds. The van der Waals surface area contributed by atoms with E-state index in [1.807, 2.05) is 43.3 Å². The van der Waals surface area contributed by atoms with Crippen molar-refractivity contribution in [3.63, 3.8) is 0 Å². The van der Waals surface area contributed by atoms with Crippen molar-refractivity contribution in [3.8, 4) is 11.4 Å². The molecule has 0 atom stereocenters. The maximum atomic E-state index is 13.1. The van der Waals surface area contributed by atoms with Gasteiger partial charge in [-0.2, -0.15) is 9.78 Å². The number of hydrogen-bond donors (Lipinski definition) is 0. The van der Waals surface area contributed by atoms with Crippen LogP contribution in [0.15, 0.2) is 76.6 Å². The molecule has 0 radical (unpaired) electrons. The van der Waals surface area contributed by atoms with Crippen molar-refractivity contribution >= 4 is 40.3 Å². The highest BCUT2D eigenvalue weighted by Crippen LogP contribution is 2.21. The quantitative estimate of drug-likeness (QED) is 0.417. The molecule has 0 unspecified atom stereocenters. The van der Waals surface area contributed by atoms with Crippen LogP contribution in [0.2, 0.25) is 10.0 Å². The van der Waals surface area contributed by atoms with Gasteiger partial charge in [-0.15, -0.1) is 0 Å². The third kappa shape index (κ3) is 3.57. The number of para-hydroxylation sites is 1. The molecule has 0 saturated heterocycles. The van der Waals surface area contributed by atoms with Gasteiger partial charge in [0.25, 0.3) is 5.56 Å². The van der Waals surface area contributed by atoms with Crippen LogP contribution in [-0.2, 0) is 0 Å². The molecule has 0 saturated carbocycles. The van der Waals surface area contributed by atoms with Crippen molar-refractivity contribution in [2.45, 2.75) is 6.92 Å². The predicted octanol–water partition coefficient (Wildman–Crippen LogP) is 5.56. The molecule has 138 valence electrons. The van der Waals surface area contributed by atoms with Crippen molar-refractivity contribution < 1.29 is 0 Å². The maximum Gasteiger partial charge on any atom is 0.282 e. The average Bonchev–Trinajstić information content (AvgIpc) is 2.69. The van der Waals surface area contributed by atoms with Crippen LogP contribution in [-0.4, -0.2) is 15.9 Å². The number of aromatic nitrogens is 2. The van der Waals surface area contributed by atoms with E-state index in [2.05, 4.69) is 10.1 Å². The zero-order valence-electron chi connectivity index (χ0n) is 14.9. The first-order chi connectivity index (χ1) is 13.5. The van der Waals surface area contributed by atoms with Crippen molar-refractivity contribution in [2.75, 3.05) is 0 Å². The molecule has 0 aliphatic heterocycles. The van der Waals surface area contributed by atoms with E-state index >= 15 is 0 Å². The second-order valence-electron chi connectivity index (χ2n) is 6.35. The Bertz CT molecular complexity index is 1260. The van der Waals surface area contributed by atoms with Gasteiger partial charge in [0.2, 0.25) is 0 Å². The van der Waals surface area contributed by atoms with Gasteiger partial charge in [0.05, 0.1) is 22.1 Å². The minimum atomic E-state index is -0.248. The molecular formula is C22H15Cl2N3O. The third-order valence-electron chi connectivity index (χ3n) is 4.34. The lowest BCUT2D eigenvalue weighted by molar-refractivity contribution is 0.829. The lowest BCUT2D eigenvalue weighted by Crippen LogP contribution is -2.20. The van der Waals surface area contributed by atoms with E-state index in [1.54, 1.807) is 30.3 Å². The molecule has 0 aliphatic carbocycles. The van der Waals surface area contributed by atoms with Gasteiger partial charge in [0.15, 0.2) is 5.82 Å². The molecule has 28 heavy (non-hydrogen) atoms. The Morgan fingerprint density at radius 3 is 2.50 bits per heavy atom. The summed E-state index contributed by atoms with van der Waals surface area (Å²) in [5, 5.41) is 5.89.